The maximum absolute atomic E-state index is 12.7. The van der Waals surface area contributed by atoms with Crippen molar-refractivity contribution in [2.24, 2.45) is 0 Å². The second-order valence-corrected chi connectivity index (χ2v) is 10.4. The second-order valence-electron chi connectivity index (χ2n) is 9.47. The van der Waals surface area contributed by atoms with E-state index >= 15 is 0 Å². The van der Waals surface area contributed by atoms with Crippen molar-refractivity contribution in [3.05, 3.63) is 65.9 Å². The highest BCUT2D eigenvalue weighted by molar-refractivity contribution is 7.21. The number of anilines is 4. The van der Waals surface area contributed by atoms with Crippen LogP contribution in [0.15, 0.2) is 54.7 Å². The van der Waals surface area contributed by atoms with E-state index < -0.39 is 0 Å². The van der Waals surface area contributed by atoms with Crippen LogP contribution >= 0.6 is 11.3 Å². The predicted molar refractivity (Wildman–Crippen MR) is 151 cm³/mol. The summed E-state index contributed by atoms with van der Waals surface area (Å²) in [5, 5.41) is 4.01. The number of carbonyl (C=O) groups excluding carboxylic acids is 2. The molecule has 0 aliphatic carbocycles. The van der Waals surface area contributed by atoms with Gasteiger partial charge in [-0.25, -0.2) is 15.0 Å². The summed E-state index contributed by atoms with van der Waals surface area (Å²) in [6, 6.07) is 16.2. The van der Waals surface area contributed by atoms with E-state index in [4.69, 9.17) is 4.98 Å². The van der Waals surface area contributed by atoms with Gasteiger partial charge in [0, 0.05) is 58.5 Å². The molecule has 1 saturated heterocycles. The number of nitrogens with zero attached hydrogens (tertiary/aromatic N) is 6. The number of fused-ring (bicyclic) bond motifs is 1. The highest BCUT2D eigenvalue weighted by Crippen LogP contribution is 2.30. The minimum Gasteiger partial charge on any atom is -0.339 e. The Bertz CT molecular complexity index is 1450. The van der Waals surface area contributed by atoms with Gasteiger partial charge in [-0.05, 0) is 55.3 Å². The fourth-order valence-electron chi connectivity index (χ4n) is 4.44. The van der Waals surface area contributed by atoms with E-state index in [0.29, 0.717) is 50.0 Å². The summed E-state index contributed by atoms with van der Waals surface area (Å²) in [5.41, 5.74) is 4.14. The van der Waals surface area contributed by atoms with Crippen LogP contribution in [0.1, 0.15) is 24.5 Å². The van der Waals surface area contributed by atoms with Crippen LogP contribution < -0.4 is 10.2 Å². The number of rotatable bonds is 7. The van der Waals surface area contributed by atoms with Gasteiger partial charge in [-0.2, -0.15) is 0 Å². The van der Waals surface area contributed by atoms with Crippen molar-refractivity contribution in [2.75, 3.05) is 43.4 Å². The number of piperazine rings is 1. The summed E-state index contributed by atoms with van der Waals surface area (Å²) in [4.78, 5) is 44.6. The lowest BCUT2D eigenvalue weighted by molar-refractivity contribution is -0.138. The second kappa shape index (κ2) is 11.1. The molecule has 0 spiro atoms. The Balaban J connectivity index is 1.21. The number of nitrogens with one attached hydrogen (secondary N) is 1. The number of pyridine rings is 2. The molecule has 0 bridgehead atoms. The van der Waals surface area contributed by atoms with Gasteiger partial charge in [-0.3, -0.25) is 9.59 Å². The predicted octanol–water partition coefficient (Wildman–Crippen LogP) is 4.53. The molecule has 1 aliphatic rings. The topological polar surface area (TPSA) is 94.6 Å². The van der Waals surface area contributed by atoms with Crippen LogP contribution in [-0.4, -0.2) is 69.8 Å². The van der Waals surface area contributed by atoms with Crippen molar-refractivity contribution in [3.8, 4) is 0 Å². The molecule has 0 saturated carbocycles. The lowest BCUT2D eigenvalue weighted by Gasteiger charge is -2.34. The van der Waals surface area contributed by atoms with Gasteiger partial charge in [0.25, 0.3) is 0 Å². The van der Waals surface area contributed by atoms with Gasteiger partial charge in [0.1, 0.15) is 22.0 Å². The molecule has 0 unspecified atom stereocenters. The van der Waals surface area contributed by atoms with Crippen molar-refractivity contribution in [1.29, 1.82) is 0 Å². The number of hydrogen-bond acceptors (Lipinski definition) is 8. The maximum Gasteiger partial charge on any atom is 0.223 e. The van der Waals surface area contributed by atoms with Gasteiger partial charge in [0.05, 0.1) is 0 Å². The molecular formula is C28H31N7O2S. The fraction of sp³-hybridized carbons (Fsp3) is 0.321. The number of benzene rings is 1. The van der Waals surface area contributed by atoms with Crippen LogP contribution in [0.25, 0.3) is 10.3 Å². The number of amides is 2. The first-order valence-electron chi connectivity index (χ1n) is 12.7. The Labute approximate surface area is 226 Å². The first-order chi connectivity index (χ1) is 18.4. The van der Waals surface area contributed by atoms with Gasteiger partial charge in [0.2, 0.25) is 11.8 Å². The van der Waals surface area contributed by atoms with Crippen molar-refractivity contribution >= 4 is 56.0 Å². The first-order valence-corrected chi connectivity index (χ1v) is 13.5. The number of hydrogen-bond donors (Lipinski definition) is 1. The largest absolute Gasteiger partial charge is 0.339 e. The van der Waals surface area contributed by atoms with Crippen LogP contribution in [0.3, 0.4) is 0 Å². The van der Waals surface area contributed by atoms with E-state index in [9.17, 15) is 9.59 Å². The Kier molecular flexibility index (Phi) is 7.50. The summed E-state index contributed by atoms with van der Waals surface area (Å²) in [6.07, 6.45) is 2.79. The fourth-order valence-corrected chi connectivity index (χ4v) is 5.28. The molecule has 1 fully saturated rings. The standard InChI is InChI=1S/C28H31N7O2S/c1-19-4-7-22(8-5-19)33(3)25-10-9-23-27(32-25)38-28(30-23)31-24-18-21(12-13-29-24)6-11-26(37)35-16-14-34(15-17-35)20(2)36/h4-5,7-10,12-13,18H,6,11,14-17H2,1-3H3,(H,29,30,31). The average molecular weight is 530 g/mol. The maximum atomic E-state index is 12.7. The summed E-state index contributed by atoms with van der Waals surface area (Å²) in [6.45, 7) is 6.03. The quantitative estimate of drug-likeness (QED) is 0.376. The van der Waals surface area contributed by atoms with Crippen LogP contribution in [0.5, 0.6) is 0 Å². The molecule has 38 heavy (non-hydrogen) atoms. The monoisotopic (exact) mass is 529 g/mol. The van der Waals surface area contributed by atoms with E-state index in [-0.39, 0.29) is 11.8 Å². The SMILES string of the molecule is CC(=O)N1CCN(C(=O)CCc2ccnc(Nc3nc4ccc(N(C)c5ccc(C)cc5)nc4s3)c2)CC1. The summed E-state index contributed by atoms with van der Waals surface area (Å²) >= 11 is 1.48. The lowest BCUT2D eigenvalue weighted by atomic mass is 10.1. The van der Waals surface area contributed by atoms with Crippen molar-refractivity contribution in [3.63, 3.8) is 0 Å². The third kappa shape index (κ3) is 5.91. The van der Waals surface area contributed by atoms with Crippen molar-refractivity contribution in [1.82, 2.24) is 24.8 Å². The third-order valence-corrected chi connectivity index (χ3v) is 7.65. The van der Waals surface area contributed by atoms with Crippen molar-refractivity contribution in [2.45, 2.75) is 26.7 Å². The Hall–Kier alpha value is -4.05. The highest BCUT2D eigenvalue weighted by Gasteiger charge is 2.22. The summed E-state index contributed by atoms with van der Waals surface area (Å²) in [7, 11) is 2.01. The molecular weight excluding hydrogens is 498 g/mol. The Morgan fingerprint density at radius 3 is 2.47 bits per heavy atom. The molecule has 1 N–H and O–H groups in total. The lowest BCUT2D eigenvalue weighted by Crippen LogP contribution is -2.50. The van der Waals surface area contributed by atoms with Gasteiger partial charge >= 0.3 is 0 Å². The van der Waals surface area contributed by atoms with Gasteiger partial charge < -0.3 is 20.0 Å². The van der Waals surface area contributed by atoms with E-state index in [1.165, 1.54) is 16.9 Å². The molecule has 2 amide bonds. The molecule has 5 rings (SSSR count). The van der Waals surface area contributed by atoms with Crippen LogP contribution in [0.4, 0.5) is 22.5 Å². The van der Waals surface area contributed by atoms with Gasteiger partial charge in [-0.15, -0.1) is 0 Å². The molecule has 9 nitrogen and oxygen atoms in total. The smallest absolute Gasteiger partial charge is 0.223 e. The molecule has 10 heteroatoms. The van der Waals surface area contributed by atoms with Crippen LogP contribution in [-0.2, 0) is 16.0 Å². The van der Waals surface area contributed by atoms with E-state index in [0.717, 1.165) is 27.4 Å². The molecule has 1 aromatic carbocycles. The average Bonchev–Trinajstić information content (AvgIpc) is 3.33. The number of aryl methyl sites for hydroxylation is 2. The van der Waals surface area contributed by atoms with Crippen LogP contribution in [0.2, 0.25) is 0 Å². The van der Waals surface area contributed by atoms with E-state index in [1.54, 1.807) is 18.0 Å². The van der Waals surface area contributed by atoms with E-state index in [1.807, 2.05) is 36.2 Å². The molecule has 1 aliphatic heterocycles. The zero-order valence-corrected chi connectivity index (χ0v) is 22.7. The molecule has 0 radical (unpaired) electrons. The third-order valence-electron chi connectivity index (χ3n) is 6.77. The van der Waals surface area contributed by atoms with Gasteiger partial charge in [-0.1, -0.05) is 29.0 Å². The Morgan fingerprint density at radius 1 is 1.00 bits per heavy atom. The molecule has 0 atom stereocenters. The number of carbonyl (C=O) groups is 2. The minimum atomic E-state index is 0.0628. The zero-order valence-electron chi connectivity index (χ0n) is 21.8. The Morgan fingerprint density at radius 2 is 1.74 bits per heavy atom. The first kappa shape index (κ1) is 25.6. The normalized spacial score (nSPS) is 13.6. The van der Waals surface area contributed by atoms with Crippen LogP contribution in [0, 0.1) is 6.92 Å². The molecule has 4 heterocycles. The van der Waals surface area contributed by atoms with E-state index in [2.05, 4.69) is 51.4 Å². The molecule has 3 aromatic heterocycles. The zero-order chi connectivity index (χ0) is 26.6. The van der Waals surface area contributed by atoms with Crippen molar-refractivity contribution < 1.29 is 9.59 Å². The van der Waals surface area contributed by atoms with Gasteiger partial charge in [0.15, 0.2) is 5.13 Å². The highest BCUT2D eigenvalue weighted by atomic mass is 32.1. The molecule has 196 valence electrons. The summed E-state index contributed by atoms with van der Waals surface area (Å²) in [5.74, 6) is 1.71. The minimum absolute atomic E-state index is 0.0628. The number of thiazole rings is 1. The summed E-state index contributed by atoms with van der Waals surface area (Å²) < 4.78 is 0. The molecule has 4 aromatic rings. The number of aromatic nitrogens is 3.